The van der Waals surface area contributed by atoms with Gasteiger partial charge in [0.1, 0.15) is 5.82 Å². The Morgan fingerprint density at radius 3 is 2.31 bits per heavy atom. The Balaban J connectivity index is 1.40. The first-order valence-corrected chi connectivity index (χ1v) is 12.5. The van der Waals surface area contributed by atoms with Crippen molar-refractivity contribution in [2.24, 2.45) is 0 Å². The first-order chi connectivity index (χ1) is 15.7. The number of halogens is 2. The molecular formula is C25H31Cl2N5. The zero-order chi connectivity index (χ0) is 21.9. The molecule has 3 heterocycles. The van der Waals surface area contributed by atoms with Crippen LogP contribution in [0.25, 0.3) is 11.0 Å². The number of hydrogen-bond donors (Lipinski definition) is 2. The second kappa shape index (κ2) is 10.1. The van der Waals surface area contributed by atoms with Crippen LogP contribution in [0.4, 0.5) is 0 Å². The van der Waals surface area contributed by atoms with E-state index in [1.807, 2.05) is 12.1 Å². The molecule has 3 aromatic rings. The Labute approximate surface area is 200 Å². The molecule has 1 aromatic heterocycles. The SMILES string of the molecule is Clc1cc2nc(C3CCNCC3)n(Cc3ccc(CN4CCCNCC4)cc3)c2cc1Cl. The van der Waals surface area contributed by atoms with Gasteiger partial charge in [0.05, 0.1) is 21.1 Å². The van der Waals surface area contributed by atoms with Gasteiger partial charge in [0, 0.05) is 32.1 Å². The summed E-state index contributed by atoms with van der Waals surface area (Å²) in [6.45, 7) is 8.38. The van der Waals surface area contributed by atoms with Crippen molar-refractivity contribution in [2.75, 3.05) is 39.3 Å². The molecule has 0 amide bonds. The number of nitrogens with zero attached hydrogens (tertiary/aromatic N) is 3. The number of hydrogen-bond acceptors (Lipinski definition) is 4. The molecule has 2 aromatic carbocycles. The topological polar surface area (TPSA) is 45.1 Å². The summed E-state index contributed by atoms with van der Waals surface area (Å²) in [6.07, 6.45) is 3.43. The van der Waals surface area contributed by atoms with Crippen LogP contribution in [0.15, 0.2) is 36.4 Å². The zero-order valence-electron chi connectivity index (χ0n) is 18.4. The summed E-state index contributed by atoms with van der Waals surface area (Å²) in [7, 11) is 0. The van der Waals surface area contributed by atoms with E-state index in [0.29, 0.717) is 16.0 Å². The van der Waals surface area contributed by atoms with Crippen LogP contribution in [0.3, 0.4) is 0 Å². The Kier molecular flexibility index (Phi) is 7.00. The predicted molar refractivity (Wildman–Crippen MR) is 133 cm³/mol. The molecule has 7 heteroatoms. The highest BCUT2D eigenvalue weighted by molar-refractivity contribution is 6.42. The van der Waals surface area contributed by atoms with E-state index in [4.69, 9.17) is 28.2 Å². The number of benzene rings is 2. The van der Waals surface area contributed by atoms with E-state index in [9.17, 15) is 0 Å². The van der Waals surface area contributed by atoms with Gasteiger partial charge in [-0.1, -0.05) is 47.5 Å². The van der Waals surface area contributed by atoms with Crippen molar-refractivity contribution >= 4 is 34.2 Å². The van der Waals surface area contributed by atoms with E-state index in [1.54, 1.807) is 0 Å². The van der Waals surface area contributed by atoms with Crippen molar-refractivity contribution < 1.29 is 0 Å². The van der Waals surface area contributed by atoms with Crippen LogP contribution in [0.2, 0.25) is 10.0 Å². The summed E-state index contributed by atoms with van der Waals surface area (Å²) in [4.78, 5) is 7.56. The molecule has 5 nitrogen and oxygen atoms in total. The van der Waals surface area contributed by atoms with Crippen LogP contribution >= 0.6 is 23.2 Å². The average Bonchev–Trinajstić information content (AvgIpc) is 2.97. The number of fused-ring (bicyclic) bond motifs is 1. The lowest BCUT2D eigenvalue weighted by Gasteiger charge is -2.23. The Morgan fingerprint density at radius 2 is 1.53 bits per heavy atom. The molecule has 2 aliphatic heterocycles. The molecular weight excluding hydrogens is 441 g/mol. The predicted octanol–water partition coefficient (Wildman–Crippen LogP) is 4.65. The normalized spacial score (nSPS) is 18.8. The minimum atomic E-state index is 0.456. The zero-order valence-corrected chi connectivity index (χ0v) is 19.9. The fraction of sp³-hybridized carbons (Fsp3) is 0.480. The van der Waals surface area contributed by atoms with Crippen molar-refractivity contribution in [3.63, 3.8) is 0 Å². The molecule has 2 aliphatic rings. The maximum atomic E-state index is 6.39. The molecule has 0 saturated carbocycles. The summed E-state index contributed by atoms with van der Waals surface area (Å²) < 4.78 is 2.35. The van der Waals surface area contributed by atoms with E-state index in [1.165, 1.54) is 24.1 Å². The van der Waals surface area contributed by atoms with Crippen molar-refractivity contribution in [2.45, 2.75) is 38.3 Å². The average molecular weight is 472 g/mol. The van der Waals surface area contributed by atoms with Gasteiger partial charge < -0.3 is 15.2 Å². The first kappa shape index (κ1) is 22.2. The monoisotopic (exact) mass is 471 g/mol. The minimum absolute atomic E-state index is 0.456. The molecule has 0 radical (unpaired) electrons. The highest BCUT2D eigenvalue weighted by Crippen LogP contribution is 2.33. The molecule has 0 aliphatic carbocycles. The molecule has 2 saturated heterocycles. The van der Waals surface area contributed by atoms with Crippen LogP contribution in [-0.4, -0.2) is 53.7 Å². The van der Waals surface area contributed by atoms with E-state index in [-0.39, 0.29) is 0 Å². The lowest BCUT2D eigenvalue weighted by molar-refractivity contribution is 0.284. The lowest BCUT2D eigenvalue weighted by atomic mass is 9.97. The van der Waals surface area contributed by atoms with E-state index >= 15 is 0 Å². The van der Waals surface area contributed by atoms with E-state index < -0.39 is 0 Å². The highest BCUT2D eigenvalue weighted by Gasteiger charge is 2.23. The van der Waals surface area contributed by atoms with Gasteiger partial charge in [0.15, 0.2) is 0 Å². The van der Waals surface area contributed by atoms with Gasteiger partial charge in [-0.25, -0.2) is 4.98 Å². The first-order valence-electron chi connectivity index (χ1n) is 11.7. The Bertz CT molecular complexity index is 1050. The molecule has 32 heavy (non-hydrogen) atoms. The summed E-state index contributed by atoms with van der Waals surface area (Å²) in [6, 6.07) is 13.0. The van der Waals surface area contributed by atoms with E-state index in [2.05, 4.69) is 44.4 Å². The smallest absolute Gasteiger partial charge is 0.113 e. The molecule has 2 N–H and O–H groups in total. The molecule has 2 fully saturated rings. The van der Waals surface area contributed by atoms with E-state index in [0.717, 1.165) is 75.5 Å². The van der Waals surface area contributed by atoms with Gasteiger partial charge >= 0.3 is 0 Å². The van der Waals surface area contributed by atoms with Gasteiger partial charge in [-0.15, -0.1) is 0 Å². The van der Waals surface area contributed by atoms with Gasteiger partial charge in [-0.05, 0) is 68.7 Å². The number of imidazole rings is 1. The van der Waals surface area contributed by atoms with Crippen LogP contribution in [-0.2, 0) is 13.1 Å². The fourth-order valence-electron chi connectivity index (χ4n) is 4.95. The van der Waals surface area contributed by atoms with Crippen LogP contribution in [0.1, 0.15) is 42.1 Å². The molecule has 170 valence electrons. The highest BCUT2D eigenvalue weighted by atomic mass is 35.5. The van der Waals surface area contributed by atoms with Crippen molar-refractivity contribution in [3.8, 4) is 0 Å². The third kappa shape index (κ3) is 4.97. The van der Waals surface area contributed by atoms with Crippen molar-refractivity contribution in [1.29, 1.82) is 0 Å². The Morgan fingerprint density at radius 1 is 0.844 bits per heavy atom. The second-order valence-electron chi connectivity index (χ2n) is 9.03. The molecule has 5 rings (SSSR count). The standard InChI is InChI=1S/C25H31Cl2N5/c26-21-14-23-24(15-22(21)27)32(25(30-23)20-6-9-29-10-7-20)17-19-4-2-18(3-5-19)16-31-12-1-8-28-11-13-31/h2-5,14-15,20,28-29H,1,6-13,16-17H2. The largest absolute Gasteiger partial charge is 0.323 e. The summed E-state index contributed by atoms with van der Waals surface area (Å²) in [5.74, 6) is 1.61. The number of aromatic nitrogens is 2. The minimum Gasteiger partial charge on any atom is -0.323 e. The van der Waals surface area contributed by atoms with Gasteiger partial charge in [0.2, 0.25) is 0 Å². The second-order valence-corrected chi connectivity index (χ2v) is 9.85. The van der Waals surface area contributed by atoms with Gasteiger partial charge in [-0.3, -0.25) is 4.90 Å². The summed E-state index contributed by atoms with van der Waals surface area (Å²) in [5.41, 5.74) is 4.65. The molecule has 0 spiro atoms. The van der Waals surface area contributed by atoms with Gasteiger partial charge in [0.25, 0.3) is 0 Å². The molecule has 0 bridgehead atoms. The summed E-state index contributed by atoms with van der Waals surface area (Å²) >= 11 is 12.7. The van der Waals surface area contributed by atoms with Crippen LogP contribution < -0.4 is 10.6 Å². The maximum absolute atomic E-state index is 6.39. The molecule has 0 unspecified atom stereocenters. The Hall–Kier alpha value is -1.63. The number of nitrogens with one attached hydrogen (secondary N) is 2. The number of rotatable bonds is 5. The fourth-order valence-corrected chi connectivity index (χ4v) is 5.26. The third-order valence-electron chi connectivity index (χ3n) is 6.73. The van der Waals surface area contributed by atoms with Gasteiger partial charge in [-0.2, -0.15) is 0 Å². The van der Waals surface area contributed by atoms with Crippen molar-refractivity contribution in [1.82, 2.24) is 25.1 Å². The lowest BCUT2D eigenvalue weighted by Crippen LogP contribution is -2.28. The molecule has 0 atom stereocenters. The van der Waals surface area contributed by atoms with Crippen molar-refractivity contribution in [3.05, 3.63) is 63.4 Å². The maximum Gasteiger partial charge on any atom is 0.113 e. The summed E-state index contributed by atoms with van der Waals surface area (Å²) in [5, 5.41) is 8.09. The number of piperidine rings is 1. The van der Waals surface area contributed by atoms with Crippen LogP contribution in [0, 0.1) is 0 Å². The third-order valence-corrected chi connectivity index (χ3v) is 7.45. The quantitative estimate of drug-likeness (QED) is 0.568. The van der Waals surface area contributed by atoms with Crippen LogP contribution in [0.5, 0.6) is 0 Å².